The van der Waals surface area contributed by atoms with Gasteiger partial charge in [-0.1, -0.05) is 12.1 Å². The first-order chi connectivity index (χ1) is 8.49. The lowest BCUT2D eigenvalue weighted by Gasteiger charge is -2.11. The van der Waals surface area contributed by atoms with Crippen molar-refractivity contribution < 1.29 is 4.74 Å². The van der Waals surface area contributed by atoms with Crippen LogP contribution in [-0.2, 0) is 6.73 Å². The van der Waals surface area contributed by atoms with Crippen LogP contribution in [0.1, 0.15) is 22.5 Å². The van der Waals surface area contributed by atoms with Crippen LogP contribution >= 0.6 is 0 Å². The zero-order valence-electron chi connectivity index (χ0n) is 11.3. The zero-order chi connectivity index (χ0) is 13.3. The Morgan fingerprint density at radius 3 is 2.56 bits per heavy atom. The number of anilines is 1. The van der Waals surface area contributed by atoms with E-state index in [-0.39, 0.29) is 0 Å². The highest BCUT2D eigenvalue weighted by Crippen LogP contribution is 2.20. The van der Waals surface area contributed by atoms with E-state index in [1.807, 2.05) is 33.8 Å². The van der Waals surface area contributed by atoms with Crippen LogP contribution in [0, 0.1) is 27.7 Å². The van der Waals surface area contributed by atoms with E-state index in [1.165, 1.54) is 5.56 Å². The molecule has 0 fully saturated rings. The summed E-state index contributed by atoms with van der Waals surface area (Å²) in [5, 5.41) is 4.34. The van der Waals surface area contributed by atoms with Crippen LogP contribution in [0.5, 0.6) is 5.75 Å². The SMILES string of the molecule is Cc1ccc(C)c(OCn2nc(C)c(N)c2C)c1. The fourth-order valence-electron chi connectivity index (χ4n) is 1.83. The summed E-state index contributed by atoms with van der Waals surface area (Å²) in [6.07, 6.45) is 0. The maximum Gasteiger partial charge on any atom is 0.181 e. The van der Waals surface area contributed by atoms with Gasteiger partial charge in [0.05, 0.1) is 17.1 Å². The van der Waals surface area contributed by atoms with Gasteiger partial charge in [-0.15, -0.1) is 0 Å². The summed E-state index contributed by atoms with van der Waals surface area (Å²) in [5.41, 5.74) is 10.7. The van der Waals surface area contributed by atoms with Crippen molar-refractivity contribution in [2.45, 2.75) is 34.4 Å². The van der Waals surface area contributed by atoms with Crippen molar-refractivity contribution in [3.8, 4) is 5.75 Å². The molecule has 1 aromatic carbocycles. The molecule has 2 aromatic rings. The minimum absolute atomic E-state index is 0.383. The van der Waals surface area contributed by atoms with Gasteiger partial charge in [-0.05, 0) is 44.9 Å². The van der Waals surface area contributed by atoms with Crippen LogP contribution in [0.25, 0.3) is 0 Å². The fourth-order valence-corrected chi connectivity index (χ4v) is 1.83. The molecular formula is C14H19N3O. The lowest BCUT2D eigenvalue weighted by Crippen LogP contribution is -2.09. The Morgan fingerprint density at radius 1 is 1.22 bits per heavy atom. The molecule has 18 heavy (non-hydrogen) atoms. The number of benzene rings is 1. The van der Waals surface area contributed by atoms with Crippen LogP contribution in [-0.4, -0.2) is 9.78 Å². The van der Waals surface area contributed by atoms with Crippen molar-refractivity contribution in [3.63, 3.8) is 0 Å². The average molecular weight is 245 g/mol. The molecule has 2 N–H and O–H groups in total. The fraction of sp³-hybridized carbons (Fsp3) is 0.357. The first-order valence-corrected chi connectivity index (χ1v) is 5.98. The predicted molar refractivity (Wildman–Crippen MR) is 72.7 cm³/mol. The Bertz CT molecular complexity index is 573. The average Bonchev–Trinajstić information content (AvgIpc) is 2.58. The lowest BCUT2D eigenvalue weighted by molar-refractivity contribution is 0.216. The Kier molecular flexibility index (Phi) is 3.28. The van der Waals surface area contributed by atoms with E-state index in [0.29, 0.717) is 6.73 Å². The second-order valence-corrected chi connectivity index (χ2v) is 4.63. The van der Waals surface area contributed by atoms with Gasteiger partial charge >= 0.3 is 0 Å². The molecule has 0 bridgehead atoms. The van der Waals surface area contributed by atoms with Crippen molar-refractivity contribution in [3.05, 3.63) is 40.7 Å². The Balaban J connectivity index is 2.16. The summed E-state index contributed by atoms with van der Waals surface area (Å²) in [4.78, 5) is 0. The molecule has 0 aliphatic rings. The first-order valence-electron chi connectivity index (χ1n) is 5.98. The van der Waals surface area contributed by atoms with E-state index in [1.54, 1.807) is 4.68 Å². The monoisotopic (exact) mass is 245 g/mol. The molecule has 0 saturated carbocycles. The van der Waals surface area contributed by atoms with Gasteiger partial charge < -0.3 is 10.5 Å². The van der Waals surface area contributed by atoms with Crippen LogP contribution in [0.4, 0.5) is 5.69 Å². The Morgan fingerprint density at radius 2 is 1.94 bits per heavy atom. The largest absolute Gasteiger partial charge is 0.471 e. The maximum absolute atomic E-state index is 5.89. The third kappa shape index (κ3) is 2.32. The third-order valence-electron chi connectivity index (χ3n) is 3.12. The number of nitrogen functional groups attached to an aromatic ring is 1. The molecule has 0 amide bonds. The van der Waals surface area contributed by atoms with E-state index in [4.69, 9.17) is 10.5 Å². The van der Waals surface area contributed by atoms with Crippen molar-refractivity contribution in [2.24, 2.45) is 0 Å². The maximum atomic E-state index is 5.89. The summed E-state index contributed by atoms with van der Waals surface area (Å²) in [6, 6.07) is 6.16. The molecule has 1 aromatic heterocycles. The van der Waals surface area contributed by atoms with Gasteiger partial charge in [0.15, 0.2) is 6.73 Å². The van der Waals surface area contributed by atoms with Crippen molar-refractivity contribution in [2.75, 3.05) is 5.73 Å². The molecular weight excluding hydrogens is 226 g/mol. The van der Waals surface area contributed by atoms with Gasteiger partial charge in [-0.3, -0.25) is 0 Å². The third-order valence-corrected chi connectivity index (χ3v) is 3.12. The molecule has 0 atom stereocenters. The number of hydrogen-bond acceptors (Lipinski definition) is 3. The smallest absolute Gasteiger partial charge is 0.181 e. The van der Waals surface area contributed by atoms with Gasteiger partial charge in [0.1, 0.15) is 5.75 Å². The van der Waals surface area contributed by atoms with Gasteiger partial charge in [0, 0.05) is 0 Å². The van der Waals surface area contributed by atoms with Gasteiger partial charge in [0.25, 0.3) is 0 Å². The molecule has 1 heterocycles. The number of nitrogens with two attached hydrogens (primary N) is 1. The number of ether oxygens (including phenoxy) is 1. The molecule has 96 valence electrons. The number of aromatic nitrogens is 2. The van der Waals surface area contributed by atoms with Crippen LogP contribution in [0.2, 0.25) is 0 Å². The van der Waals surface area contributed by atoms with Gasteiger partial charge in [-0.2, -0.15) is 5.10 Å². The summed E-state index contributed by atoms with van der Waals surface area (Å²) in [5.74, 6) is 0.890. The quantitative estimate of drug-likeness (QED) is 0.904. The molecule has 4 nitrogen and oxygen atoms in total. The normalized spacial score (nSPS) is 10.7. The van der Waals surface area contributed by atoms with Crippen LogP contribution in [0.15, 0.2) is 18.2 Å². The standard InChI is InChI=1S/C14H19N3O/c1-9-5-6-10(2)13(7-9)18-8-17-12(4)14(15)11(3)16-17/h5-7H,8,15H2,1-4H3. The highest BCUT2D eigenvalue weighted by Gasteiger charge is 2.08. The topological polar surface area (TPSA) is 53.1 Å². The Hall–Kier alpha value is -1.97. The molecule has 0 unspecified atom stereocenters. The second kappa shape index (κ2) is 4.72. The number of rotatable bonds is 3. The molecule has 0 aliphatic carbocycles. The van der Waals surface area contributed by atoms with Crippen LogP contribution < -0.4 is 10.5 Å². The minimum Gasteiger partial charge on any atom is -0.471 e. The number of nitrogens with zero attached hydrogens (tertiary/aromatic N) is 2. The van der Waals surface area contributed by atoms with Gasteiger partial charge in [0.2, 0.25) is 0 Å². The van der Waals surface area contributed by atoms with E-state index < -0.39 is 0 Å². The van der Waals surface area contributed by atoms with Crippen LogP contribution in [0.3, 0.4) is 0 Å². The number of aryl methyl sites for hydroxylation is 3. The zero-order valence-corrected chi connectivity index (χ0v) is 11.3. The summed E-state index contributed by atoms with van der Waals surface area (Å²) in [6.45, 7) is 8.31. The highest BCUT2D eigenvalue weighted by atomic mass is 16.5. The van der Waals surface area contributed by atoms with Gasteiger partial charge in [-0.25, -0.2) is 4.68 Å². The molecule has 0 radical (unpaired) electrons. The summed E-state index contributed by atoms with van der Waals surface area (Å²) >= 11 is 0. The molecule has 0 aliphatic heterocycles. The molecule has 2 rings (SSSR count). The van der Waals surface area contributed by atoms with Crippen molar-refractivity contribution >= 4 is 5.69 Å². The molecule has 0 saturated heterocycles. The molecule has 0 spiro atoms. The lowest BCUT2D eigenvalue weighted by atomic mass is 10.1. The van der Waals surface area contributed by atoms with E-state index in [2.05, 4.69) is 17.2 Å². The highest BCUT2D eigenvalue weighted by molar-refractivity contribution is 5.46. The van der Waals surface area contributed by atoms with E-state index >= 15 is 0 Å². The summed E-state index contributed by atoms with van der Waals surface area (Å²) in [7, 11) is 0. The Labute approximate surface area is 107 Å². The van der Waals surface area contributed by atoms with E-state index in [9.17, 15) is 0 Å². The molecule has 4 heteroatoms. The number of hydrogen-bond donors (Lipinski definition) is 1. The predicted octanol–water partition coefficient (Wildman–Crippen LogP) is 2.74. The minimum atomic E-state index is 0.383. The summed E-state index contributed by atoms with van der Waals surface area (Å²) < 4.78 is 7.58. The first kappa shape index (κ1) is 12.5. The van der Waals surface area contributed by atoms with Crippen molar-refractivity contribution in [1.82, 2.24) is 9.78 Å². The van der Waals surface area contributed by atoms with Crippen molar-refractivity contribution in [1.29, 1.82) is 0 Å². The second-order valence-electron chi connectivity index (χ2n) is 4.63. The van der Waals surface area contributed by atoms with E-state index in [0.717, 1.165) is 28.4 Å².